The third-order valence-electron chi connectivity index (χ3n) is 3.84. The summed E-state index contributed by atoms with van der Waals surface area (Å²) in [5.74, 6) is 6.03. The predicted octanol–water partition coefficient (Wildman–Crippen LogP) is 4.07. The second kappa shape index (κ2) is 7.97. The molecule has 0 spiro atoms. The minimum absolute atomic E-state index is 0.0736. The number of hydrogen-bond acceptors (Lipinski definition) is 2. The molecule has 0 aromatic heterocycles. The van der Waals surface area contributed by atoms with Gasteiger partial charge in [0.2, 0.25) is 0 Å². The highest BCUT2D eigenvalue weighted by molar-refractivity contribution is 5.86. The normalized spacial score (nSPS) is 13.0. The predicted molar refractivity (Wildman–Crippen MR) is 98.1 cm³/mol. The third kappa shape index (κ3) is 4.96. The van der Waals surface area contributed by atoms with E-state index in [0.717, 1.165) is 6.54 Å². The molecule has 0 aliphatic carbocycles. The van der Waals surface area contributed by atoms with E-state index >= 15 is 0 Å². The van der Waals surface area contributed by atoms with Crippen molar-refractivity contribution in [1.82, 2.24) is 5.32 Å². The number of hydrogen-bond donors (Lipinski definition) is 2. The second-order valence-corrected chi connectivity index (χ2v) is 6.41. The van der Waals surface area contributed by atoms with Crippen LogP contribution >= 0.6 is 0 Å². The molecule has 1 unspecified atom stereocenters. The Hall–Kier alpha value is -2.08. The standard InChI is InChI=1S/C21H25NO/c1-17(22-15-8-4-7-14-21(2,3)16-23)19-13-9-11-18-10-5-6-12-20(18)19/h4-6,8-13,17,22-23H,15-16H2,1-3H3/b8-4+. The van der Waals surface area contributed by atoms with Crippen LogP contribution in [0.5, 0.6) is 0 Å². The Kier molecular flexibility index (Phi) is 5.98. The van der Waals surface area contributed by atoms with Gasteiger partial charge in [0.15, 0.2) is 0 Å². The van der Waals surface area contributed by atoms with E-state index in [4.69, 9.17) is 5.11 Å². The van der Waals surface area contributed by atoms with E-state index in [2.05, 4.69) is 66.5 Å². The molecule has 2 heteroatoms. The van der Waals surface area contributed by atoms with Gasteiger partial charge in [0.25, 0.3) is 0 Å². The molecule has 2 nitrogen and oxygen atoms in total. The quantitative estimate of drug-likeness (QED) is 0.816. The fraction of sp³-hybridized carbons (Fsp3) is 0.333. The van der Waals surface area contributed by atoms with Gasteiger partial charge in [0.05, 0.1) is 6.61 Å². The second-order valence-electron chi connectivity index (χ2n) is 6.41. The lowest BCUT2D eigenvalue weighted by Crippen LogP contribution is -2.18. The number of allylic oxidation sites excluding steroid dienone is 1. The summed E-state index contributed by atoms with van der Waals surface area (Å²) in [5.41, 5.74) is 0.970. The molecule has 0 radical (unpaired) electrons. The van der Waals surface area contributed by atoms with E-state index in [9.17, 15) is 0 Å². The summed E-state index contributed by atoms with van der Waals surface area (Å²) < 4.78 is 0. The molecule has 2 aromatic rings. The average molecular weight is 307 g/mol. The Morgan fingerprint density at radius 3 is 2.70 bits per heavy atom. The van der Waals surface area contributed by atoms with Crippen molar-refractivity contribution in [2.75, 3.05) is 13.2 Å². The summed E-state index contributed by atoms with van der Waals surface area (Å²) in [6.45, 7) is 6.86. The van der Waals surface area contributed by atoms with Crippen LogP contribution in [0.25, 0.3) is 10.8 Å². The molecule has 2 aromatic carbocycles. The van der Waals surface area contributed by atoms with Crippen LogP contribution in [0.1, 0.15) is 32.4 Å². The SMILES string of the molecule is CC(NC/C=C/C#CC(C)(C)CO)c1cccc2ccccc12. The maximum Gasteiger partial charge on any atom is 0.0591 e. The first-order valence-electron chi connectivity index (χ1n) is 8.03. The zero-order valence-electron chi connectivity index (χ0n) is 14.1. The zero-order chi connectivity index (χ0) is 16.7. The number of aliphatic hydroxyl groups is 1. The Morgan fingerprint density at radius 1 is 1.17 bits per heavy atom. The van der Waals surface area contributed by atoms with Gasteiger partial charge in [0, 0.05) is 18.0 Å². The molecule has 0 saturated carbocycles. The zero-order valence-corrected chi connectivity index (χ0v) is 14.1. The third-order valence-corrected chi connectivity index (χ3v) is 3.84. The van der Waals surface area contributed by atoms with Crippen LogP contribution in [-0.2, 0) is 0 Å². The van der Waals surface area contributed by atoms with Crippen LogP contribution < -0.4 is 5.32 Å². The van der Waals surface area contributed by atoms with Gasteiger partial charge in [-0.15, -0.1) is 0 Å². The molecule has 23 heavy (non-hydrogen) atoms. The monoisotopic (exact) mass is 307 g/mol. The van der Waals surface area contributed by atoms with Gasteiger partial charge >= 0.3 is 0 Å². The Bertz CT molecular complexity index is 729. The Balaban J connectivity index is 1.96. The van der Waals surface area contributed by atoms with Gasteiger partial charge < -0.3 is 10.4 Å². The first-order valence-corrected chi connectivity index (χ1v) is 8.03. The van der Waals surface area contributed by atoms with Gasteiger partial charge in [-0.3, -0.25) is 0 Å². The van der Waals surface area contributed by atoms with Gasteiger partial charge in [0.1, 0.15) is 0 Å². The van der Waals surface area contributed by atoms with E-state index in [0.29, 0.717) is 0 Å². The summed E-state index contributed by atoms with van der Waals surface area (Å²) in [6, 6.07) is 15.2. The van der Waals surface area contributed by atoms with Crippen molar-refractivity contribution in [2.45, 2.75) is 26.8 Å². The molecule has 0 fully saturated rings. The van der Waals surface area contributed by atoms with Crippen molar-refractivity contribution < 1.29 is 5.11 Å². The number of rotatable bonds is 5. The van der Waals surface area contributed by atoms with Crippen LogP contribution in [0.15, 0.2) is 54.6 Å². The maximum atomic E-state index is 9.14. The fourth-order valence-corrected chi connectivity index (χ4v) is 2.38. The van der Waals surface area contributed by atoms with E-state index in [1.54, 1.807) is 0 Å². The number of benzene rings is 2. The largest absolute Gasteiger partial charge is 0.395 e. The lowest BCUT2D eigenvalue weighted by Gasteiger charge is -2.15. The number of aliphatic hydroxyl groups excluding tert-OH is 1. The fourth-order valence-electron chi connectivity index (χ4n) is 2.38. The smallest absolute Gasteiger partial charge is 0.0591 e. The van der Waals surface area contributed by atoms with Gasteiger partial charge in [-0.1, -0.05) is 60.4 Å². The summed E-state index contributed by atoms with van der Waals surface area (Å²) in [4.78, 5) is 0. The van der Waals surface area contributed by atoms with Gasteiger partial charge in [-0.25, -0.2) is 0 Å². The molecular weight excluding hydrogens is 282 g/mol. The summed E-state index contributed by atoms with van der Waals surface area (Å²) in [7, 11) is 0. The van der Waals surface area contributed by atoms with Crippen LogP contribution in [-0.4, -0.2) is 18.3 Å². The highest BCUT2D eigenvalue weighted by Gasteiger charge is 2.10. The minimum Gasteiger partial charge on any atom is -0.395 e. The van der Waals surface area contributed by atoms with E-state index in [-0.39, 0.29) is 18.1 Å². The maximum absolute atomic E-state index is 9.14. The number of nitrogens with one attached hydrogen (secondary N) is 1. The molecular formula is C21H25NO. The summed E-state index contributed by atoms with van der Waals surface area (Å²) in [6.07, 6.45) is 3.86. The summed E-state index contributed by atoms with van der Waals surface area (Å²) >= 11 is 0. The van der Waals surface area contributed by atoms with Crippen molar-refractivity contribution in [3.05, 3.63) is 60.2 Å². The van der Waals surface area contributed by atoms with Crippen molar-refractivity contribution >= 4 is 10.8 Å². The topological polar surface area (TPSA) is 32.3 Å². The molecule has 0 heterocycles. The lowest BCUT2D eigenvalue weighted by molar-refractivity contribution is 0.207. The molecule has 1 atom stereocenters. The van der Waals surface area contributed by atoms with Crippen molar-refractivity contribution in [3.63, 3.8) is 0 Å². The highest BCUT2D eigenvalue weighted by Crippen LogP contribution is 2.23. The van der Waals surface area contributed by atoms with Crippen molar-refractivity contribution in [2.24, 2.45) is 5.41 Å². The van der Waals surface area contributed by atoms with Crippen molar-refractivity contribution in [3.8, 4) is 11.8 Å². The molecule has 0 saturated heterocycles. The van der Waals surface area contributed by atoms with Crippen LogP contribution in [0.3, 0.4) is 0 Å². The molecule has 2 N–H and O–H groups in total. The first kappa shape index (κ1) is 17.3. The molecule has 0 amide bonds. The van der Waals surface area contributed by atoms with E-state index < -0.39 is 0 Å². The van der Waals surface area contributed by atoms with Gasteiger partial charge in [-0.05, 0) is 43.2 Å². The van der Waals surface area contributed by atoms with E-state index in [1.807, 2.05) is 26.0 Å². The van der Waals surface area contributed by atoms with Crippen LogP contribution in [0.4, 0.5) is 0 Å². The molecule has 0 bridgehead atoms. The minimum atomic E-state index is -0.339. The molecule has 0 aliphatic heterocycles. The lowest BCUT2D eigenvalue weighted by atomic mass is 9.96. The van der Waals surface area contributed by atoms with Crippen LogP contribution in [0, 0.1) is 17.3 Å². The molecule has 2 rings (SSSR count). The van der Waals surface area contributed by atoms with Gasteiger partial charge in [-0.2, -0.15) is 0 Å². The summed E-state index contributed by atoms with van der Waals surface area (Å²) in [5, 5.41) is 15.2. The molecule has 0 aliphatic rings. The average Bonchev–Trinajstić information content (AvgIpc) is 2.57. The number of fused-ring (bicyclic) bond motifs is 1. The Morgan fingerprint density at radius 2 is 1.91 bits per heavy atom. The first-order chi connectivity index (χ1) is 11.0. The van der Waals surface area contributed by atoms with Crippen molar-refractivity contribution in [1.29, 1.82) is 0 Å². The highest BCUT2D eigenvalue weighted by atomic mass is 16.3. The van der Waals surface area contributed by atoms with Crippen LogP contribution in [0.2, 0.25) is 0 Å². The Labute approximate surface area is 139 Å². The van der Waals surface area contributed by atoms with E-state index in [1.165, 1.54) is 16.3 Å². The molecule has 120 valence electrons.